The van der Waals surface area contributed by atoms with Gasteiger partial charge >= 0.3 is 6.09 Å². The highest BCUT2D eigenvalue weighted by molar-refractivity contribution is 6.23. The third-order valence-electron chi connectivity index (χ3n) is 2.60. The summed E-state index contributed by atoms with van der Waals surface area (Å²) in [7, 11) is 2.08. The molecule has 0 aromatic heterocycles. The van der Waals surface area contributed by atoms with Crippen molar-refractivity contribution in [2.45, 2.75) is 52.2 Å². The third kappa shape index (κ3) is 5.11. The molecule has 1 atom stereocenters. The van der Waals surface area contributed by atoms with E-state index in [1.54, 1.807) is 0 Å². The van der Waals surface area contributed by atoms with Crippen LogP contribution in [0.4, 0.5) is 4.79 Å². The van der Waals surface area contributed by atoms with E-state index in [4.69, 9.17) is 4.74 Å². The number of rotatable bonds is 2. The molecule has 17 heavy (non-hydrogen) atoms. The number of carbonyl (C=O) groups is 1. The summed E-state index contributed by atoms with van der Waals surface area (Å²) in [5, 5.41) is 2.87. The Kier molecular flexibility index (Phi) is 4.43. The predicted molar refractivity (Wildman–Crippen MR) is 72.8 cm³/mol. The zero-order chi connectivity index (χ0) is 13.1. The van der Waals surface area contributed by atoms with E-state index in [2.05, 4.69) is 25.3 Å². The maximum atomic E-state index is 11.6. The first-order chi connectivity index (χ1) is 7.78. The Morgan fingerprint density at radius 1 is 1.53 bits per heavy atom. The van der Waals surface area contributed by atoms with Crippen molar-refractivity contribution in [1.82, 2.24) is 5.32 Å². The van der Waals surface area contributed by atoms with Crippen molar-refractivity contribution >= 4 is 13.9 Å². The number of allylic oxidation sites excluding steroid dienone is 3. The summed E-state index contributed by atoms with van der Waals surface area (Å²) in [6, 6.07) is 0.0356. The summed E-state index contributed by atoms with van der Waals surface area (Å²) >= 11 is 0. The van der Waals surface area contributed by atoms with Crippen LogP contribution in [0, 0.1) is 0 Å². The van der Waals surface area contributed by atoms with E-state index in [9.17, 15) is 4.79 Å². The first-order valence-corrected chi connectivity index (χ1v) is 6.14. The maximum absolute atomic E-state index is 11.6. The van der Waals surface area contributed by atoms with Gasteiger partial charge in [-0.2, -0.15) is 0 Å². The Bertz CT molecular complexity index is 353. The molecule has 0 fully saturated rings. The lowest BCUT2D eigenvalue weighted by Crippen LogP contribution is -2.38. The fourth-order valence-electron chi connectivity index (χ4n) is 1.81. The highest BCUT2D eigenvalue weighted by Crippen LogP contribution is 2.19. The Balaban J connectivity index is 2.52. The topological polar surface area (TPSA) is 38.3 Å². The number of amides is 1. The summed E-state index contributed by atoms with van der Waals surface area (Å²) in [5.74, 6) is 0. The van der Waals surface area contributed by atoms with E-state index in [-0.39, 0.29) is 12.1 Å². The molecule has 0 saturated heterocycles. The Morgan fingerprint density at radius 2 is 2.18 bits per heavy atom. The van der Waals surface area contributed by atoms with E-state index in [0.717, 1.165) is 12.8 Å². The number of alkyl carbamates (subject to hydrolysis) is 1. The minimum absolute atomic E-state index is 0.0356. The number of ether oxygens (including phenoxy) is 1. The fraction of sp³-hybridized carbons (Fsp3) is 0.615. The van der Waals surface area contributed by atoms with Gasteiger partial charge < -0.3 is 10.1 Å². The second-order valence-corrected chi connectivity index (χ2v) is 5.57. The normalized spacial score (nSPS) is 17.9. The van der Waals surface area contributed by atoms with E-state index in [0.29, 0.717) is 0 Å². The van der Waals surface area contributed by atoms with Gasteiger partial charge in [0.05, 0.1) is 6.04 Å². The number of hydrogen-bond acceptors (Lipinski definition) is 2. The van der Waals surface area contributed by atoms with Crippen LogP contribution in [0.2, 0.25) is 0 Å². The lowest BCUT2D eigenvalue weighted by molar-refractivity contribution is 0.0515. The quantitative estimate of drug-likeness (QED) is 0.744. The molecule has 1 aliphatic rings. The Hall–Kier alpha value is -1.19. The van der Waals surface area contributed by atoms with Crippen LogP contribution in [0.1, 0.15) is 40.5 Å². The van der Waals surface area contributed by atoms with Crippen molar-refractivity contribution in [1.29, 1.82) is 0 Å². The summed E-state index contributed by atoms with van der Waals surface area (Å²) in [5.41, 5.74) is 2.08. The van der Waals surface area contributed by atoms with Crippen LogP contribution in [0.3, 0.4) is 0 Å². The van der Waals surface area contributed by atoms with E-state index in [1.807, 2.05) is 27.7 Å². The fourth-order valence-corrected chi connectivity index (χ4v) is 1.81. The third-order valence-corrected chi connectivity index (χ3v) is 2.60. The zero-order valence-electron chi connectivity index (χ0n) is 11.5. The van der Waals surface area contributed by atoms with Crippen LogP contribution in [-0.2, 0) is 4.74 Å². The van der Waals surface area contributed by atoms with E-state index in [1.165, 1.54) is 11.0 Å². The second-order valence-electron chi connectivity index (χ2n) is 5.57. The van der Waals surface area contributed by atoms with Gasteiger partial charge in [-0.25, -0.2) is 4.79 Å². The SMILES string of the molecule is BC1=CCCC(C(C)NC(=O)OC(C)(C)C)=C1. The summed E-state index contributed by atoms with van der Waals surface area (Å²) in [6.45, 7) is 7.59. The van der Waals surface area contributed by atoms with Crippen LogP contribution in [-0.4, -0.2) is 25.6 Å². The molecular weight excluding hydrogens is 213 g/mol. The van der Waals surface area contributed by atoms with Gasteiger partial charge in [-0.15, -0.1) is 0 Å². The van der Waals surface area contributed by atoms with Crippen LogP contribution in [0.5, 0.6) is 0 Å². The first kappa shape index (κ1) is 13.9. The molecule has 1 amide bonds. The molecule has 3 nitrogen and oxygen atoms in total. The van der Waals surface area contributed by atoms with Crippen molar-refractivity contribution in [3.05, 3.63) is 23.2 Å². The van der Waals surface area contributed by atoms with E-state index < -0.39 is 5.60 Å². The molecule has 4 heteroatoms. The van der Waals surface area contributed by atoms with Crippen LogP contribution >= 0.6 is 0 Å². The molecule has 0 aromatic rings. The minimum atomic E-state index is -0.444. The van der Waals surface area contributed by atoms with Gasteiger partial charge in [-0.3, -0.25) is 0 Å². The molecule has 0 radical (unpaired) electrons. The molecule has 1 aliphatic carbocycles. The maximum Gasteiger partial charge on any atom is 0.408 e. The molecule has 1 N–H and O–H groups in total. The van der Waals surface area contributed by atoms with Crippen molar-refractivity contribution in [3.8, 4) is 0 Å². The molecule has 1 unspecified atom stereocenters. The van der Waals surface area contributed by atoms with Gasteiger partial charge in [0.25, 0.3) is 0 Å². The summed E-state index contributed by atoms with van der Waals surface area (Å²) < 4.78 is 5.23. The second kappa shape index (κ2) is 5.43. The number of carbonyl (C=O) groups excluding carboxylic acids is 1. The monoisotopic (exact) mass is 235 g/mol. The highest BCUT2D eigenvalue weighted by atomic mass is 16.6. The summed E-state index contributed by atoms with van der Waals surface area (Å²) in [6.07, 6.45) is 6.07. The molecule has 0 bridgehead atoms. The number of hydrogen-bond donors (Lipinski definition) is 1. The lowest BCUT2D eigenvalue weighted by Gasteiger charge is -2.24. The Morgan fingerprint density at radius 3 is 2.71 bits per heavy atom. The standard InChI is InChI=1S/C13H22BNO2/c1-9(10-6-5-7-11(14)8-10)15-12(16)17-13(2,3)4/h7-9H,5-6,14H2,1-4H3,(H,15,16). The van der Waals surface area contributed by atoms with Crippen molar-refractivity contribution < 1.29 is 9.53 Å². The van der Waals surface area contributed by atoms with Crippen LogP contribution < -0.4 is 5.32 Å². The molecule has 0 spiro atoms. The molecule has 0 aromatic carbocycles. The van der Waals surface area contributed by atoms with Crippen molar-refractivity contribution in [2.24, 2.45) is 0 Å². The van der Waals surface area contributed by atoms with Gasteiger partial charge in [0.2, 0.25) is 0 Å². The van der Waals surface area contributed by atoms with Gasteiger partial charge in [0, 0.05) is 0 Å². The van der Waals surface area contributed by atoms with Gasteiger partial charge in [-0.05, 0) is 46.1 Å². The highest BCUT2D eigenvalue weighted by Gasteiger charge is 2.19. The molecule has 0 heterocycles. The summed E-state index contributed by atoms with van der Waals surface area (Å²) in [4.78, 5) is 11.6. The van der Waals surface area contributed by atoms with Gasteiger partial charge in [-0.1, -0.05) is 17.6 Å². The van der Waals surface area contributed by atoms with Crippen LogP contribution in [0.15, 0.2) is 23.2 Å². The van der Waals surface area contributed by atoms with Gasteiger partial charge in [0.1, 0.15) is 13.4 Å². The molecule has 0 saturated carbocycles. The molecule has 1 rings (SSSR count). The zero-order valence-corrected chi connectivity index (χ0v) is 11.5. The van der Waals surface area contributed by atoms with Crippen LogP contribution in [0.25, 0.3) is 0 Å². The predicted octanol–water partition coefficient (Wildman–Crippen LogP) is 2.14. The number of nitrogens with one attached hydrogen (secondary N) is 1. The van der Waals surface area contributed by atoms with Gasteiger partial charge in [0.15, 0.2) is 0 Å². The average molecular weight is 235 g/mol. The molecule has 0 aliphatic heterocycles. The average Bonchev–Trinajstić information content (AvgIpc) is 2.14. The lowest BCUT2D eigenvalue weighted by atomic mass is 9.85. The molecular formula is C13H22BNO2. The Labute approximate surface area is 105 Å². The largest absolute Gasteiger partial charge is 0.444 e. The van der Waals surface area contributed by atoms with Crippen molar-refractivity contribution in [3.63, 3.8) is 0 Å². The van der Waals surface area contributed by atoms with Crippen molar-refractivity contribution in [2.75, 3.05) is 0 Å². The first-order valence-electron chi connectivity index (χ1n) is 6.14. The molecule has 94 valence electrons. The van der Waals surface area contributed by atoms with E-state index >= 15 is 0 Å². The smallest absolute Gasteiger partial charge is 0.408 e. The minimum Gasteiger partial charge on any atom is -0.444 e.